The smallest absolute Gasteiger partial charge is 0.368 e. The normalized spacial score (nSPS) is 11.9. The Labute approximate surface area is 114 Å². The van der Waals surface area contributed by atoms with Gasteiger partial charge in [-0.1, -0.05) is 32.0 Å². The van der Waals surface area contributed by atoms with Crippen LogP contribution in [0.15, 0.2) is 30.3 Å². The first-order chi connectivity index (χ1) is 9.29. The van der Waals surface area contributed by atoms with Crippen LogP contribution >= 0.6 is 0 Å². The molecule has 0 bridgehead atoms. The molecule has 1 aromatic carbocycles. The molecule has 0 aliphatic heterocycles. The van der Waals surface area contributed by atoms with Gasteiger partial charge in [-0.3, -0.25) is 0 Å². The molecule has 2 aromatic rings. The number of nitrogens with two attached hydrogens (primary N) is 1. The number of hydrogen-bond acceptors (Lipinski definition) is 3. The van der Waals surface area contributed by atoms with Crippen LogP contribution in [0.5, 0.6) is 0 Å². The Morgan fingerprint density at radius 3 is 2.35 bits per heavy atom. The van der Waals surface area contributed by atoms with Gasteiger partial charge in [-0.2, -0.15) is 13.2 Å². The summed E-state index contributed by atoms with van der Waals surface area (Å²) in [6, 6.07) is 6.85. The van der Waals surface area contributed by atoms with Crippen LogP contribution < -0.4 is 5.73 Å². The maximum atomic E-state index is 13.0. The number of nitrogen functional groups attached to an aromatic ring is 1. The van der Waals surface area contributed by atoms with Crippen molar-refractivity contribution in [2.24, 2.45) is 0 Å². The van der Waals surface area contributed by atoms with E-state index in [-0.39, 0.29) is 23.1 Å². The molecule has 20 heavy (non-hydrogen) atoms. The van der Waals surface area contributed by atoms with Crippen molar-refractivity contribution in [3.05, 3.63) is 41.6 Å². The number of rotatable bonds is 2. The molecule has 0 aliphatic carbocycles. The van der Waals surface area contributed by atoms with E-state index in [1.54, 1.807) is 6.07 Å². The quantitative estimate of drug-likeness (QED) is 0.909. The van der Waals surface area contributed by atoms with Crippen molar-refractivity contribution in [1.82, 2.24) is 9.97 Å². The molecule has 1 aromatic heterocycles. The van der Waals surface area contributed by atoms with Crippen LogP contribution in [0.2, 0.25) is 0 Å². The highest BCUT2D eigenvalue weighted by molar-refractivity contribution is 5.65. The highest BCUT2D eigenvalue weighted by atomic mass is 19.4. The SMILES string of the molecule is CC(C)c1cc(-c2ccccc2C(F)(F)F)nc(N)n1. The second-order valence-corrected chi connectivity index (χ2v) is 4.73. The second-order valence-electron chi connectivity index (χ2n) is 4.73. The Balaban J connectivity index is 2.63. The number of hydrogen-bond donors (Lipinski definition) is 1. The first kappa shape index (κ1) is 14.3. The van der Waals surface area contributed by atoms with Crippen molar-refractivity contribution < 1.29 is 13.2 Å². The van der Waals surface area contributed by atoms with Gasteiger partial charge in [0.1, 0.15) is 0 Å². The molecule has 6 heteroatoms. The van der Waals surface area contributed by atoms with Gasteiger partial charge in [0, 0.05) is 11.3 Å². The van der Waals surface area contributed by atoms with E-state index in [1.807, 2.05) is 13.8 Å². The zero-order chi connectivity index (χ0) is 14.9. The summed E-state index contributed by atoms with van der Waals surface area (Å²) >= 11 is 0. The molecule has 106 valence electrons. The van der Waals surface area contributed by atoms with E-state index in [4.69, 9.17) is 5.73 Å². The van der Waals surface area contributed by atoms with E-state index in [9.17, 15) is 13.2 Å². The lowest BCUT2D eigenvalue weighted by Gasteiger charge is -2.14. The Hall–Kier alpha value is -2.11. The van der Waals surface area contributed by atoms with E-state index in [0.29, 0.717) is 5.69 Å². The summed E-state index contributed by atoms with van der Waals surface area (Å²) in [7, 11) is 0. The molecule has 0 fully saturated rings. The minimum absolute atomic E-state index is 0.0102. The first-order valence-corrected chi connectivity index (χ1v) is 6.10. The first-order valence-electron chi connectivity index (χ1n) is 6.10. The Morgan fingerprint density at radius 1 is 1.10 bits per heavy atom. The fourth-order valence-corrected chi connectivity index (χ4v) is 1.87. The van der Waals surface area contributed by atoms with Gasteiger partial charge in [0.15, 0.2) is 0 Å². The van der Waals surface area contributed by atoms with Crippen molar-refractivity contribution in [1.29, 1.82) is 0 Å². The minimum Gasteiger partial charge on any atom is -0.368 e. The number of alkyl halides is 3. The summed E-state index contributed by atoms with van der Waals surface area (Å²) in [6.45, 7) is 3.78. The molecular formula is C14H14F3N3. The zero-order valence-electron chi connectivity index (χ0n) is 11.1. The summed E-state index contributed by atoms with van der Waals surface area (Å²) in [5.41, 5.74) is 5.68. The van der Waals surface area contributed by atoms with Gasteiger partial charge < -0.3 is 5.73 Å². The van der Waals surface area contributed by atoms with Crippen molar-refractivity contribution in [3.63, 3.8) is 0 Å². The average Bonchev–Trinajstić information content (AvgIpc) is 2.37. The van der Waals surface area contributed by atoms with Gasteiger partial charge in [-0.25, -0.2) is 9.97 Å². The van der Waals surface area contributed by atoms with Crippen LogP contribution in [0.3, 0.4) is 0 Å². The summed E-state index contributed by atoms with van der Waals surface area (Å²) in [4.78, 5) is 7.96. The number of benzene rings is 1. The van der Waals surface area contributed by atoms with Crippen LogP contribution in [0.4, 0.5) is 19.1 Å². The monoisotopic (exact) mass is 281 g/mol. The van der Waals surface area contributed by atoms with Gasteiger partial charge >= 0.3 is 6.18 Å². The van der Waals surface area contributed by atoms with Crippen LogP contribution in [0.1, 0.15) is 31.0 Å². The number of halogens is 3. The molecule has 0 atom stereocenters. The molecule has 3 nitrogen and oxygen atoms in total. The average molecular weight is 281 g/mol. The Bertz CT molecular complexity index is 621. The lowest BCUT2D eigenvalue weighted by Crippen LogP contribution is -2.09. The lowest BCUT2D eigenvalue weighted by atomic mass is 10.0. The minimum atomic E-state index is -4.44. The highest BCUT2D eigenvalue weighted by Gasteiger charge is 2.33. The molecular weight excluding hydrogens is 267 g/mol. The Morgan fingerprint density at radius 2 is 1.75 bits per heavy atom. The topological polar surface area (TPSA) is 51.8 Å². The number of nitrogens with zero attached hydrogens (tertiary/aromatic N) is 2. The molecule has 0 radical (unpaired) electrons. The van der Waals surface area contributed by atoms with Gasteiger partial charge in [0.2, 0.25) is 5.95 Å². The second kappa shape index (κ2) is 5.11. The molecule has 1 heterocycles. The molecule has 0 saturated carbocycles. The van der Waals surface area contributed by atoms with E-state index in [0.717, 1.165) is 6.07 Å². The summed E-state index contributed by atoms with van der Waals surface area (Å²) in [5.74, 6) is 0.0280. The molecule has 0 unspecified atom stereocenters. The molecule has 0 saturated heterocycles. The summed E-state index contributed by atoms with van der Waals surface area (Å²) in [5, 5.41) is 0. The predicted octanol–water partition coefficient (Wildman–Crippen LogP) is 3.87. The summed E-state index contributed by atoms with van der Waals surface area (Å²) < 4.78 is 39.1. The lowest BCUT2D eigenvalue weighted by molar-refractivity contribution is -0.137. The van der Waals surface area contributed by atoms with E-state index >= 15 is 0 Å². The van der Waals surface area contributed by atoms with E-state index in [1.165, 1.54) is 18.2 Å². The predicted molar refractivity (Wildman–Crippen MR) is 71.0 cm³/mol. The standard InChI is InChI=1S/C14H14F3N3/c1-8(2)11-7-12(20-13(18)19-11)9-5-3-4-6-10(9)14(15,16)17/h3-8H,1-2H3,(H2,18,19,20). The third-order valence-corrected chi connectivity index (χ3v) is 2.86. The van der Waals surface area contributed by atoms with Crippen LogP contribution in [0, 0.1) is 0 Å². The molecule has 0 aliphatic rings. The molecule has 2 rings (SSSR count). The van der Waals surface area contributed by atoms with E-state index in [2.05, 4.69) is 9.97 Å². The highest BCUT2D eigenvalue weighted by Crippen LogP contribution is 2.36. The summed E-state index contributed by atoms with van der Waals surface area (Å²) in [6.07, 6.45) is -4.44. The van der Waals surface area contributed by atoms with Gasteiger partial charge in [0.05, 0.1) is 11.3 Å². The maximum absolute atomic E-state index is 13.0. The van der Waals surface area contributed by atoms with Crippen molar-refractivity contribution >= 4 is 5.95 Å². The third-order valence-electron chi connectivity index (χ3n) is 2.86. The van der Waals surface area contributed by atoms with Crippen LogP contribution in [0.25, 0.3) is 11.3 Å². The fraction of sp³-hybridized carbons (Fsp3) is 0.286. The van der Waals surface area contributed by atoms with Gasteiger partial charge in [-0.05, 0) is 18.1 Å². The van der Waals surface area contributed by atoms with Crippen molar-refractivity contribution in [2.75, 3.05) is 5.73 Å². The Kier molecular flexibility index (Phi) is 3.65. The number of anilines is 1. The van der Waals surface area contributed by atoms with Crippen molar-refractivity contribution in [3.8, 4) is 11.3 Å². The number of aromatic nitrogens is 2. The fourth-order valence-electron chi connectivity index (χ4n) is 1.87. The molecule has 0 spiro atoms. The largest absolute Gasteiger partial charge is 0.417 e. The molecule has 2 N–H and O–H groups in total. The van der Waals surface area contributed by atoms with Gasteiger partial charge in [-0.15, -0.1) is 0 Å². The third kappa shape index (κ3) is 2.89. The molecule has 0 amide bonds. The van der Waals surface area contributed by atoms with Crippen LogP contribution in [-0.4, -0.2) is 9.97 Å². The van der Waals surface area contributed by atoms with Crippen LogP contribution in [-0.2, 0) is 6.18 Å². The van der Waals surface area contributed by atoms with Crippen molar-refractivity contribution in [2.45, 2.75) is 25.9 Å². The zero-order valence-corrected chi connectivity index (χ0v) is 11.1. The maximum Gasteiger partial charge on any atom is 0.417 e. The van der Waals surface area contributed by atoms with E-state index < -0.39 is 11.7 Å². The van der Waals surface area contributed by atoms with Gasteiger partial charge in [0.25, 0.3) is 0 Å².